The van der Waals surface area contributed by atoms with E-state index in [1.54, 1.807) is 0 Å². The molecule has 8 atom stereocenters. The minimum atomic E-state index is -0.762. The van der Waals surface area contributed by atoms with Gasteiger partial charge in [0.1, 0.15) is 0 Å². The fourth-order valence-electron chi connectivity index (χ4n) is 12.1. The number of nitrogens with zero attached hydrogens (tertiary/aromatic N) is 2. The Morgan fingerprint density at radius 3 is 0.806 bits per heavy atom. The lowest BCUT2D eigenvalue weighted by molar-refractivity contribution is -0.144. The Hall–Kier alpha value is -5.48. The van der Waals surface area contributed by atoms with Crippen molar-refractivity contribution < 1.29 is 39.6 Å². The zero-order valence-electron chi connectivity index (χ0n) is 41.7. The average molecular weight is 985 g/mol. The van der Waals surface area contributed by atoms with Crippen LogP contribution in [-0.2, 0) is 71.0 Å². The number of aliphatic carboxylic acids is 4. The van der Waals surface area contributed by atoms with Crippen LogP contribution in [-0.4, -0.2) is 120 Å². The number of hydrogen-bond donors (Lipinski definition) is 8. The van der Waals surface area contributed by atoms with Crippen LogP contribution in [0.15, 0.2) is 97.1 Å². The summed E-state index contributed by atoms with van der Waals surface area (Å²) in [6.45, 7) is 9.91. The third-order valence-electron chi connectivity index (χ3n) is 16.1. The Bertz CT molecular complexity index is 2100. The van der Waals surface area contributed by atoms with Crippen LogP contribution in [0.5, 0.6) is 0 Å². The highest BCUT2D eigenvalue weighted by atomic mass is 16.4. The smallest absolute Gasteiger partial charge is 0.307 e. The van der Waals surface area contributed by atoms with Gasteiger partial charge in [-0.05, 0) is 172 Å². The van der Waals surface area contributed by atoms with Gasteiger partial charge in [-0.2, -0.15) is 0 Å². The Kier molecular flexibility index (Phi) is 19.0. The maximum absolute atomic E-state index is 12.5. The maximum atomic E-state index is 12.5. The third-order valence-corrected chi connectivity index (χ3v) is 16.1. The predicted octanol–water partition coefficient (Wildman–Crippen LogP) is 5.80. The summed E-state index contributed by atoms with van der Waals surface area (Å²) in [6.07, 6.45) is 5.23. The van der Waals surface area contributed by atoms with Gasteiger partial charge in [0.2, 0.25) is 0 Å². The van der Waals surface area contributed by atoms with Gasteiger partial charge in [-0.3, -0.25) is 29.0 Å². The summed E-state index contributed by atoms with van der Waals surface area (Å²) < 4.78 is 0. The highest BCUT2D eigenvalue weighted by Crippen LogP contribution is 2.29. The Labute approximate surface area is 425 Å². The minimum Gasteiger partial charge on any atom is -0.481 e. The molecule has 4 aliphatic rings. The van der Waals surface area contributed by atoms with Gasteiger partial charge in [-0.1, -0.05) is 97.1 Å². The Morgan fingerprint density at radius 2 is 0.611 bits per heavy atom. The van der Waals surface area contributed by atoms with Crippen LogP contribution in [0, 0.1) is 47.3 Å². The molecule has 0 aromatic heterocycles. The van der Waals surface area contributed by atoms with E-state index in [0.717, 1.165) is 96.4 Å². The summed E-state index contributed by atoms with van der Waals surface area (Å²) in [4.78, 5) is 55.0. The van der Waals surface area contributed by atoms with Crippen molar-refractivity contribution in [2.24, 2.45) is 47.3 Å². The second-order valence-electron chi connectivity index (χ2n) is 21.3. The van der Waals surface area contributed by atoms with E-state index in [1.165, 1.54) is 0 Å². The molecule has 14 heteroatoms. The van der Waals surface area contributed by atoms with Crippen LogP contribution in [0.4, 0.5) is 0 Å². The number of carboxylic acid groups (broad SMARTS) is 4. The number of nitrogens with one attached hydrogen (secondary N) is 4. The number of carboxylic acids is 4. The molecule has 8 unspecified atom stereocenters. The first-order valence-electron chi connectivity index (χ1n) is 26.4. The van der Waals surface area contributed by atoms with E-state index < -0.39 is 47.5 Å². The first-order chi connectivity index (χ1) is 34.9. The normalized spacial score (nSPS) is 21.8. The molecule has 0 saturated carbocycles. The number of rotatable bonds is 27. The molecule has 0 amide bonds. The molecule has 4 heterocycles. The molecule has 4 aliphatic heterocycles. The van der Waals surface area contributed by atoms with Crippen molar-refractivity contribution in [3.63, 3.8) is 0 Å². The molecule has 4 aromatic carbocycles. The van der Waals surface area contributed by atoms with Crippen LogP contribution in [0.2, 0.25) is 0 Å². The van der Waals surface area contributed by atoms with Crippen molar-refractivity contribution in [1.82, 2.24) is 31.1 Å². The van der Waals surface area contributed by atoms with Crippen molar-refractivity contribution in [3.05, 3.63) is 142 Å². The molecule has 4 saturated heterocycles. The summed E-state index contributed by atoms with van der Waals surface area (Å²) in [7, 11) is 0. The number of benzene rings is 4. The SMILES string of the molecule is O=C(O)C(Cc1cccc(CN(CCN(Cc2cccc(CC(C(=O)O)C3CCNC3)c2)Cc2cccc(CC(C(=O)O)C3CCNC3)c2)Cc2cccc(CC(C(=O)O)C3CCNC3)c2)c1)C1CCNC1. The first-order valence-corrected chi connectivity index (χ1v) is 26.4. The quantitative estimate of drug-likeness (QED) is 0.0356. The molecule has 4 fully saturated rings. The van der Waals surface area contributed by atoms with E-state index in [2.05, 4.69) is 79.6 Å². The molecule has 8 rings (SSSR count). The number of hydrogen-bond acceptors (Lipinski definition) is 10. The fourth-order valence-corrected chi connectivity index (χ4v) is 12.1. The van der Waals surface area contributed by atoms with Crippen molar-refractivity contribution in [2.75, 3.05) is 65.4 Å². The minimum absolute atomic E-state index is 0.0827. The molecule has 386 valence electrons. The lowest BCUT2D eigenvalue weighted by Crippen LogP contribution is -2.34. The van der Waals surface area contributed by atoms with Gasteiger partial charge in [0, 0.05) is 39.3 Å². The van der Waals surface area contributed by atoms with Crippen LogP contribution in [0.3, 0.4) is 0 Å². The van der Waals surface area contributed by atoms with E-state index >= 15 is 0 Å². The van der Waals surface area contributed by atoms with Crippen LogP contribution >= 0.6 is 0 Å². The molecule has 0 radical (unpaired) electrons. The monoisotopic (exact) mass is 985 g/mol. The molecule has 0 spiro atoms. The lowest BCUT2D eigenvalue weighted by atomic mass is 9.86. The summed E-state index contributed by atoms with van der Waals surface area (Å²) >= 11 is 0. The second kappa shape index (κ2) is 26.0. The molecule has 72 heavy (non-hydrogen) atoms. The van der Waals surface area contributed by atoms with Gasteiger partial charge in [0.25, 0.3) is 0 Å². The van der Waals surface area contributed by atoms with Gasteiger partial charge >= 0.3 is 23.9 Å². The largest absolute Gasteiger partial charge is 0.481 e. The van der Waals surface area contributed by atoms with E-state index in [9.17, 15) is 39.6 Å². The third kappa shape index (κ3) is 15.0. The van der Waals surface area contributed by atoms with Crippen LogP contribution < -0.4 is 21.3 Å². The van der Waals surface area contributed by atoms with E-state index in [4.69, 9.17) is 0 Å². The predicted molar refractivity (Wildman–Crippen MR) is 277 cm³/mol. The Morgan fingerprint density at radius 1 is 0.389 bits per heavy atom. The van der Waals surface area contributed by atoms with E-state index in [-0.39, 0.29) is 23.7 Å². The van der Waals surface area contributed by atoms with Gasteiger partial charge in [-0.15, -0.1) is 0 Å². The van der Waals surface area contributed by atoms with Crippen molar-refractivity contribution in [1.29, 1.82) is 0 Å². The molecule has 0 bridgehead atoms. The lowest BCUT2D eigenvalue weighted by Gasteiger charge is -2.29. The molecule has 14 nitrogen and oxygen atoms in total. The fraction of sp³-hybridized carbons (Fsp3) is 0.517. The summed E-state index contributed by atoms with van der Waals surface area (Å²) in [5.74, 6) is -4.61. The zero-order valence-corrected chi connectivity index (χ0v) is 41.7. The molecule has 0 aliphatic carbocycles. The van der Waals surface area contributed by atoms with Crippen molar-refractivity contribution >= 4 is 23.9 Å². The topological polar surface area (TPSA) is 204 Å². The van der Waals surface area contributed by atoms with Crippen molar-refractivity contribution in [3.8, 4) is 0 Å². The van der Waals surface area contributed by atoms with E-state index in [1.807, 2.05) is 48.5 Å². The van der Waals surface area contributed by atoms with Gasteiger partial charge in [-0.25, -0.2) is 0 Å². The zero-order chi connectivity index (χ0) is 50.4. The van der Waals surface area contributed by atoms with Crippen molar-refractivity contribution in [2.45, 2.75) is 77.5 Å². The standard InChI is InChI=1S/C58H76N6O8/c65-55(66)51(47-13-17-59-31-47)27-39-5-1-9-43(23-39)35-63(36-44-10-2-6-40(24-44)28-52(56(67)68)48-14-18-60-32-48)21-22-64(37-45-11-3-7-41(25-45)29-53(57(69)70)49-15-19-61-33-49)38-46-12-4-8-42(26-46)30-54(58(71)72)50-16-20-62-34-50/h1-12,23-26,47-54,59-62H,13-22,27-38H2,(H,65,66)(H,67,68)(H,69,70)(H,71,72). The first kappa shape index (κ1) is 52.8. The summed E-state index contributed by atoms with van der Waals surface area (Å²) in [6, 6.07) is 33.3. The second-order valence-corrected chi connectivity index (χ2v) is 21.3. The average Bonchev–Trinajstić information content (AvgIpc) is 4.23. The summed E-state index contributed by atoms with van der Waals surface area (Å²) in [5.41, 5.74) is 8.33. The molecular weight excluding hydrogens is 909 g/mol. The summed E-state index contributed by atoms with van der Waals surface area (Å²) in [5, 5.41) is 54.5. The molecule has 8 N–H and O–H groups in total. The van der Waals surface area contributed by atoms with E-state index in [0.29, 0.717) is 91.1 Å². The van der Waals surface area contributed by atoms with Gasteiger partial charge in [0.15, 0.2) is 0 Å². The van der Waals surface area contributed by atoms with Crippen LogP contribution in [0.25, 0.3) is 0 Å². The highest BCUT2D eigenvalue weighted by Gasteiger charge is 2.34. The molecule has 4 aromatic rings. The number of carbonyl (C=O) groups is 4. The van der Waals surface area contributed by atoms with Gasteiger partial charge < -0.3 is 41.7 Å². The van der Waals surface area contributed by atoms with Crippen LogP contribution in [0.1, 0.15) is 70.2 Å². The highest BCUT2D eigenvalue weighted by molar-refractivity contribution is 5.72. The molecular formula is C58H76N6O8. The Balaban J connectivity index is 1.06. The van der Waals surface area contributed by atoms with Gasteiger partial charge in [0.05, 0.1) is 23.7 Å². The maximum Gasteiger partial charge on any atom is 0.307 e.